The first-order chi connectivity index (χ1) is 15.4. The van der Waals surface area contributed by atoms with Crippen molar-refractivity contribution < 1.29 is 29.0 Å². The fourth-order valence-corrected chi connectivity index (χ4v) is 2.77. The van der Waals surface area contributed by atoms with Crippen molar-refractivity contribution >= 4 is 23.7 Å². The molecule has 9 nitrogen and oxygen atoms in total. The number of imide groups is 1. The number of aromatic nitrogens is 2. The second-order valence-corrected chi connectivity index (χ2v) is 11.5. The number of carbonyl (C=O) groups excluding carboxylic acids is 2. The zero-order valence-corrected chi connectivity index (χ0v) is 22.1. The van der Waals surface area contributed by atoms with E-state index in [1.54, 1.807) is 60.1 Å². The summed E-state index contributed by atoms with van der Waals surface area (Å²) in [6, 6.07) is 0. The van der Waals surface area contributed by atoms with Crippen LogP contribution in [0.4, 0.5) is 9.59 Å². The van der Waals surface area contributed by atoms with E-state index in [0.29, 0.717) is 18.5 Å². The smallest absolute Gasteiger partial charge is 0.419 e. The number of hydrogen-bond acceptors (Lipinski definition) is 6. The highest BCUT2D eigenvalue weighted by atomic mass is 16.6. The third-order valence-electron chi connectivity index (χ3n) is 4.42. The Balaban J connectivity index is 2.89. The molecule has 9 heteroatoms. The van der Waals surface area contributed by atoms with Crippen LogP contribution in [0.2, 0.25) is 0 Å². The quantitative estimate of drug-likeness (QED) is 0.374. The highest BCUT2D eigenvalue weighted by molar-refractivity contribution is 6.14. The van der Waals surface area contributed by atoms with Gasteiger partial charge in [0.15, 0.2) is 0 Å². The average molecular weight is 480 g/mol. The number of carboxylic acid groups (broad SMARTS) is 1. The number of carbonyl (C=O) groups is 3. The molecule has 0 saturated heterocycles. The molecular weight excluding hydrogens is 438 g/mol. The fourth-order valence-electron chi connectivity index (χ4n) is 2.77. The molecule has 192 valence electrons. The highest BCUT2D eigenvalue weighted by Gasteiger charge is 2.30. The lowest BCUT2D eigenvalue weighted by atomic mass is 9.92. The number of imidazole rings is 1. The van der Waals surface area contributed by atoms with Crippen molar-refractivity contribution in [1.29, 1.82) is 0 Å². The Bertz CT molecular complexity index is 854. The van der Waals surface area contributed by atoms with E-state index in [-0.39, 0.29) is 17.5 Å². The number of allylic oxidation sites excluding steroid dienone is 1. The second kappa shape index (κ2) is 11.5. The van der Waals surface area contributed by atoms with Crippen LogP contribution in [0.25, 0.3) is 5.57 Å². The summed E-state index contributed by atoms with van der Waals surface area (Å²) < 4.78 is 12.5. The maximum atomic E-state index is 12.6. The Morgan fingerprint density at radius 1 is 1.00 bits per heavy atom. The van der Waals surface area contributed by atoms with Gasteiger partial charge in [0.1, 0.15) is 11.2 Å². The van der Waals surface area contributed by atoms with Gasteiger partial charge in [-0.25, -0.2) is 24.3 Å². The summed E-state index contributed by atoms with van der Waals surface area (Å²) in [5, 5.41) is 9.66. The highest BCUT2D eigenvalue weighted by Crippen LogP contribution is 2.21. The van der Waals surface area contributed by atoms with Gasteiger partial charge in [0, 0.05) is 19.3 Å². The Morgan fingerprint density at radius 2 is 1.53 bits per heavy atom. The van der Waals surface area contributed by atoms with Crippen LogP contribution >= 0.6 is 0 Å². The van der Waals surface area contributed by atoms with Crippen LogP contribution in [0.3, 0.4) is 0 Å². The summed E-state index contributed by atoms with van der Waals surface area (Å²) in [4.78, 5) is 42.1. The first-order valence-corrected chi connectivity index (χ1v) is 11.6. The first-order valence-electron chi connectivity index (χ1n) is 11.6. The van der Waals surface area contributed by atoms with Crippen LogP contribution in [-0.4, -0.2) is 55.5 Å². The van der Waals surface area contributed by atoms with Crippen LogP contribution in [0.15, 0.2) is 18.6 Å². The average Bonchev–Trinajstić information content (AvgIpc) is 3.07. The minimum Gasteiger partial charge on any atom is -0.478 e. The molecule has 0 bridgehead atoms. The Labute approximate surface area is 203 Å². The second-order valence-electron chi connectivity index (χ2n) is 11.5. The van der Waals surface area contributed by atoms with Gasteiger partial charge in [-0.1, -0.05) is 26.8 Å². The van der Waals surface area contributed by atoms with E-state index in [1.165, 1.54) is 0 Å². The van der Waals surface area contributed by atoms with Gasteiger partial charge in [-0.05, 0) is 66.2 Å². The van der Waals surface area contributed by atoms with Crippen LogP contribution < -0.4 is 0 Å². The summed E-state index contributed by atoms with van der Waals surface area (Å²) in [5.74, 6) is -1.09. The molecule has 0 aliphatic carbocycles. The molecule has 1 aromatic rings. The summed E-state index contributed by atoms with van der Waals surface area (Å²) >= 11 is 0. The molecule has 0 aromatic carbocycles. The Morgan fingerprint density at radius 3 is 1.97 bits per heavy atom. The number of nitrogens with zero attached hydrogens (tertiary/aromatic N) is 3. The molecule has 0 saturated carbocycles. The number of hydrogen-bond donors (Lipinski definition) is 1. The normalized spacial score (nSPS) is 12.9. The van der Waals surface area contributed by atoms with Gasteiger partial charge < -0.3 is 19.1 Å². The molecule has 34 heavy (non-hydrogen) atoms. The van der Waals surface area contributed by atoms with E-state index in [0.717, 1.165) is 17.9 Å². The lowest BCUT2D eigenvalue weighted by Gasteiger charge is -2.28. The lowest BCUT2D eigenvalue weighted by Crippen LogP contribution is -2.44. The van der Waals surface area contributed by atoms with Gasteiger partial charge in [-0.2, -0.15) is 0 Å². The van der Waals surface area contributed by atoms with E-state index >= 15 is 0 Å². The SMILES string of the molecule is CC(C)(C)CCn1cnc(/C(=C\CCCN(C(=O)OC(C)(C)C)C(=O)OC(C)(C)C)C(=O)O)c1. The van der Waals surface area contributed by atoms with Crippen LogP contribution in [-0.2, 0) is 20.8 Å². The third kappa shape index (κ3) is 11.3. The van der Waals surface area contributed by atoms with Crippen molar-refractivity contribution in [3.8, 4) is 0 Å². The maximum absolute atomic E-state index is 12.6. The van der Waals surface area contributed by atoms with Crippen LogP contribution in [0, 0.1) is 5.41 Å². The lowest BCUT2D eigenvalue weighted by molar-refractivity contribution is -0.130. The monoisotopic (exact) mass is 479 g/mol. The molecule has 0 atom stereocenters. The van der Waals surface area contributed by atoms with Crippen LogP contribution in [0.1, 0.15) is 87.3 Å². The molecular formula is C25H41N3O6. The third-order valence-corrected chi connectivity index (χ3v) is 4.42. The van der Waals surface area contributed by atoms with Crippen LogP contribution in [0.5, 0.6) is 0 Å². The minimum atomic E-state index is -1.09. The van der Waals surface area contributed by atoms with Crippen molar-refractivity contribution in [3.63, 3.8) is 0 Å². The molecule has 0 aliphatic rings. The first kappa shape index (κ1) is 29.2. The zero-order chi connectivity index (χ0) is 26.3. The molecule has 1 N–H and O–H groups in total. The number of amides is 2. The standard InChI is InChI=1S/C25H41N3O6/c1-23(2,3)13-15-27-16-19(26-17-27)18(20(29)30)12-10-11-14-28(21(31)33-24(4,5)6)22(32)34-25(7,8)9/h12,16-17H,10-11,13-15H2,1-9H3,(H,29,30)/b18-12+. The molecule has 1 heterocycles. The van der Waals surface area contributed by atoms with E-state index in [2.05, 4.69) is 25.8 Å². The number of aliphatic carboxylic acids is 1. The van der Waals surface area contributed by atoms with Gasteiger partial charge in [-0.3, -0.25) is 0 Å². The van der Waals surface area contributed by atoms with Crippen molar-refractivity contribution in [2.24, 2.45) is 5.41 Å². The summed E-state index contributed by atoms with van der Waals surface area (Å²) in [7, 11) is 0. The van der Waals surface area contributed by atoms with Gasteiger partial charge >= 0.3 is 18.2 Å². The molecule has 1 rings (SSSR count). The molecule has 1 aromatic heterocycles. The number of rotatable bonds is 8. The number of ether oxygens (including phenoxy) is 2. The van der Waals surface area contributed by atoms with E-state index in [1.807, 2.05) is 4.57 Å². The van der Waals surface area contributed by atoms with Crippen molar-refractivity contribution in [1.82, 2.24) is 14.5 Å². The van der Waals surface area contributed by atoms with Crippen molar-refractivity contribution in [3.05, 3.63) is 24.3 Å². The van der Waals surface area contributed by atoms with Gasteiger partial charge in [0.25, 0.3) is 0 Å². The largest absolute Gasteiger partial charge is 0.478 e. The van der Waals surface area contributed by atoms with Gasteiger partial charge in [0.05, 0.1) is 17.6 Å². The molecule has 2 amide bonds. The fraction of sp³-hybridized carbons (Fsp3) is 0.680. The predicted molar refractivity (Wildman–Crippen MR) is 130 cm³/mol. The predicted octanol–water partition coefficient (Wildman–Crippen LogP) is 5.74. The number of unbranched alkanes of at least 4 members (excludes halogenated alkanes) is 1. The number of aryl methyl sites for hydroxylation is 1. The Kier molecular flexibility index (Phi) is 9.90. The molecule has 0 unspecified atom stereocenters. The van der Waals surface area contributed by atoms with E-state index < -0.39 is 29.4 Å². The maximum Gasteiger partial charge on any atom is 0.419 e. The zero-order valence-electron chi connectivity index (χ0n) is 22.1. The molecule has 0 radical (unpaired) electrons. The van der Waals surface area contributed by atoms with E-state index in [9.17, 15) is 19.5 Å². The van der Waals surface area contributed by atoms with Gasteiger partial charge in [0.2, 0.25) is 0 Å². The topological polar surface area (TPSA) is 111 Å². The molecule has 0 aliphatic heterocycles. The van der Waals surface area contributed by atoms with Crippen molar-refractivity contribution in [2.45, 2.75) is 99.3 Å². The molecule has 0 fully saturated rings. The summed E-state index contributed by atoms with van der Waals surface area (Å²) in [6.07, 6.45) is 4.88. The minimum absolute atomic E-state index is 0.0211. The number of carboxylic acids is 1. The van der Waals surface area contributed by atoms with Gasteiger partial charge in [-0.15, -0.1) is 0 Å². The van der Waals surface area contributed by atoms with Crippen molar-refractivity contribution in [2.75, 3.05) is 6.54 Å². The summed E-state index contributed by atoms with van der Waals surface area (Å²) in [5.41, 5.74) is -0.948. The Hall–Kier alpha value is -2.84. The summed E-state index contributed by atoms with van der Waals surface area (Å²) in [6.45, 7) is 17.4. The van der Waals surface area contributed by atoms with E-state index in [4.69, 9.17) is 9.47 Å². The molecule has 0 spiro atoms.